The maximum absolute atomic E-state index is 13.0. The van der Waals surface area contributed by atoms with Crippen LogP contribution in [-0.2, 0) is 9.53 Å². The summed E-state index contributed by atoms with van der Waals surface area (Å²) in [5.41, 5.74) is 5.84. The minimum atomic E-state index is -0.536. The molecule has 0 spiro atoms. The molecular weight excluding hydrogens is 348 g/mol. The lowest BCUT2D eigenvalue weighted by Gasteiger charge is -2.38. The number of aliphatic hydroxyl groups is 1. The number of hydrogen-bond acceptors (Lipinski definition) is 5. The van der Waals surface area contributed by atoms with Gasteiger partial charge in [0.2, 0.25) is 5.91 Å². The van der Waals surface area contributed by atoms with Gasteiger partial charge >= 0.3 is 0 Å². The van der Waals surface area contributed by atoms with Crippen molar-refractivity contribution in [3.05, 3.63) is 22.4 Å². The van der Waals surface area contributed by atoms with Crippen molar-refractivity contribution in [1.82, 2.24) is 4.90 Å². The summed E-state index contributed by atoms with van der Waals surface area (Å²) in [5.74, 6) is 0.581. The predicted molar refractivity (Wildman–Crippen MR) is 97.3 cm³/mol. The fourth-order valence-electron chi connectivity index (χ4n) is 3.85. The SMILES string of the molecule is Cl.NC[C@H]1CCC[C@H]1C(=O)N1CCOCC1CC(O)c1cccs1. The van der Waals surface area contributed by atoms with Crippen molar-refractivity contribution in [3.8, 4) is 0 Å². The van der Waals surface area contributed by atoms with E-state index in [1.54, 1.807) is 11.3 Å². The number of nitrogens with two attached hydrogens (primary N) is 1. The molecular formula is C17H27ClN2O3S. The fourth-order valence-corrected chi connectivity index (χ4v) is 4.58. The summed E-state index contributed by atoms with van der Waals surface area (Å²) in [7, 11) is 0. The largest absolute Gasteiger partial charge is 0.387 e. The molecule has 1 aliphatic heterocycles. The van der Waals surface area contributed by atoms with Gasteiger partial charge in [-0.05, 0) is 36.8 Å². The Labute approximate surface area is 153 Å². The molecule has 1 aromatic heterocycles. The van der Waals surface area contributed by atoms with Gasteiger partial charge in [-0.3, -0.25) is 4.79 Å². The number of carbonyl (C=O) groups excluding carboxylic acids is 1. The molecule has 3 rings (SSSR count). The summed E-state index contributed by atoms with van der Waals surface area (Å²) in [4.78, 5) is 15.9. The van der Waals surface area contributed by atoms with Crippen LogP contribution in [0.3, 0.4) is 0 Å². The van der Waals surface area contributed by atoms with Crippen molar-refractivity contribution in [2.75, 3.05) is 26.3 Å². The van der Waals surface area contributed by atoms with Gasteiger partial charge < -0.3 is 20.5 Å². The number of ether oxygens (including phenoxy) is 1. The Morgan fingerprint density at radius 1 is 1.50 bits per heavy atom. The minimum Gasteiger partial charge on any atom is -0.387 e. The zero-order valence-corrected chi connectivity index (χ0v) is 15.4. The number of nitrogens with zero attached hydrogens (tertiary/aromatic N) is 1. The number of thiophene rings is 1. The van der Waals surface area contributed by atoms with Gasteiger partial charge in [-0.2, -0.15) is 0 Å². The summed E-state index contributed by atoms with van der Waals surface area (Å²) in [6.45, 7) is 2.29. The summed E-state index contributed by atoms with van der Waals surface area (Å²) in [6.07, 6.45) is 3.08. The first kappa shape index (κ1) is 19.7. The van der Waals surface area contributed by atoms with E-state index in [0.29, 0.717) is 38.6 Å². The van der Waals surface area contributed by atoms with Crippen molar-refractivity contribution in [2.24, 2.45) is 17.6 Å². The highest BCUT2D eigenvalue weighted by Crippen LogP contribution is 2.34. The normalized spacial score (nSPS) is 28.4. The Kier molecular flexibility index (Phi) is 7.50. The van der Waals surface area contributed by atoms with Crippen molar-refractivity contribution in [1.29, 1.82) is 0 Å². The molecule has 136 valence electrons. The topological polar surface area (TPSA) is 75.8 Å². The van der Waals surface area contributed by atoms with Gasteiger partial charge in [-0.1, -0.05) is 12.5 Å². The quantitative estimate of drug-likeness (QED) is 0.828. The smallest absolute Gasteiger partial charge is 0.226 e. The summed E-state index contributed by atoms with van der Waals surface area (Å²) >= 11 is 1.55. The molecule has 1 aromatic rings. The molecule has 2 aliphatic rings. The molecule has 3 N–H and O–H groups in total. The van der Waals surface area contributed by atoms with E-state index in [9.17, 15) is 9.90 Å². The minimum absolute atomic E-state index is 0. The van der Waals surface area contributed by atoms with E-state index < -0.39 is 6.10 Å². The third kappa shape index (κ3) is 4.29. The third-order valence-electron chi connectivity index (χ3n) is 5.16. The summed E-state index contributed by atoms with van der Waals surface area (Å²) in [6, 6.07) is 3.83. The zero-order chi connectivity index (χ0) is 16.2. The number of rotatable bonds is 5. The van der Waals surface area contributed by atoms with E-state index in [4.69, 9.17) is 10.5 Å². The molecule has 2 unspecified atom stereocenters. The van der Waals surface area contributed by atoms with Gasteiger partial charge in [0.25, 0.3) is 0 Å². The molecule has 1 saturated carbocycles. The number of morpholine rings is 1. The molecule has 2 fully saturated rings. The Morgan fingerprint density at radius 2 is 2.33 bits per heavy atom. The van der Waals surface area contributed by atoms with Crippen LogP contribution < -0.4 is 5.73 Å². The van der Waals surface area contributed by atoms with Gasteiger partial charge in [-0.15, -0.1) is 23.7 Å². The van der Waals surface area contributed by atoms with Gasteiger partial charge in [0.05, 0.1) is 25.4 Å². The number of aliphatic hydroxyl groups excluding tert-OH is 1. The molecule has 0 radical (unpaired) electrons. The molecule has 1 saturated heterocycles. The van der Waals surface area contributed by atoms with Gasteiger partial charge in [0.15, 0.2) is 0 Å². The van der Waals surface area contributed by atoms with Crippen LogP contribution in [0, 0.1) is 11.8 Å². The molecule has 1 aliphatic carbocycles. The first-order valence-corrected chi connectivity index (χ1v) is 9.38. The van der Waals surface area contributed by atoms with E-state index in [2.05, 4.69) is 0 Å². The number of amides is 1. The molecule has 7 heteroatoms. The lowest BCUT2D eigenvalue weighted by atomic mass is 9.93. The van der Waals surface area contributed by atoms with E-state index in [-0.39, 0.29) is 30.3 Å². The number of halogens is 1. The van der Waals surface area contributed by atoms with Gasteiger partial charge in [0, 0.05) is 23.8 Å². The van der Waals surface area contributed by atoms with Crippen LogP contribution in [0.15, 0.2) is 17.5 Å². The van der Waals surface area contributed by atoms with Crippen molar-refractivity contribution >= 4 is 29.7 Å². The van der Waals surface area contributed by atoms with Gasteiger partial charge in [-0.25, -0.2) is 0 Å². The zero-order valence-electron chi connectivity index (χ0n) is 13.8. The Morgan fingerprint density at radius 3 is 3.04 bits per heavy atom. The number of hydrogen-bond donors (Lipinski definition) is 2. The molecule has 0 bridgehead atoms. The molecule has 0 aromatic carbocycles. The Bertz CT molecular complexity index is 514. The van der Waals surface area contributed by atoms with Gasteiger partial charge in [0.1, 0.15) is 0 Å². The van der Waals surface area contributed by atoms with Crippen molar-refractivity contribution < 1.29 is 14.6 Å². The summed E-state index contributed by atoms with van der Waals surface area (Å²) < 4.78 is 5.57. The van der Waals surface area contributed by atoms with Crippen LogP contribution in [-0.4, -0.2) is 48.3 Å². The maximum Gasteiger partial charge on any atom is 0.226 e. The third-order valence-corrected chi connectivity index (χ3v) is 6.13. The van der Waals surface area contributed by atoms with Crippen LogP contribution in [0.25, 0.3) is 0 Å². The average molecular weight is 375 g/mol. The van der Waals surface area contributed by atoms with Crippen LogP contribution in [0.2, 0.25) is 0 Å². The lowest BCUT2D eigenvalue weighted by molar-refractivity contribution is -0.146. The highest BCUT2D eigenvalue weighted by molar-refractivity contribution is 7.10. The van der Waals surface area contributed by atoms with Crippen LogP contribution in [0.1, 0.15) is 36.7 Å². The second-order valence-corrected chi connectivity index (χ2v) is 7.54. The molecule has 5 nitrogen and oxygen atoms in total. The fraction of sp³-hybridized carbons (Fsp3) is 0.706. The second kappa shape index (κ2) is 9.15. The molecule has 24 heavy (non-hydrogen) atoms. The monoisotopic (exact) mass is 374 g/mol. The lowest BCUT2D eigenvalue weighted by Crippen LogP contribution is -2.52. The second-order valence-electron chi connectivity index (χ2n) is 6.56. The molecule has 2 heterocycles. The maximum atomic E-state index is 13.0. The highest BCUT2D eigenvalue weighted by atomic mass is 35.5. The first-order valence-electron chi connectivity index (χ1n) is 8.50. The van der Waals surface area contributed by atoms with E-state index >= 15 is 0 Å². The van der Waals surface area contributed by atoms with E-state index in [1.807, 2.05) is 22.4 Å². The highest BCUT2D eigenvalue weighted by Gasteiger charge is 2.38. The van der Waals surface area contributed by atoms with Crippen LogP contribution >= 0.6 is 23.7 Å². The Balaban J connectivity index is 0.00000208. The standard InChI is InChI=1S/C17H26N2O3S.ClH/c18-10-12-3-1-4-14(12)17(21)19-6-7-22-11-13(19)9-15(20)16-5-2-8-23-16;/h2,5,8,12-15,20H,1,3-4,6-7,9-11,18H2;1H/t12-,13?,14-,15?;/m1./s1. The molecule has 1 amide bonds. The van der Waals surface area contributed by atoms with Crippen molar-refractivity contribution in [2.45, 2.75) is 37.8 Å². The van der Waals surface area contributed by atoms with E-state index in [0.717, 1.165) is 24.1 Å². The average Bonchev–Trinajstić information content (AvgIpc) is 3.26. The first-order chi connectivity index (χ1) is 11.2. The number of carbonyl (C=O) groups is 1. The molecule has 4 atom stereocenters. The summed E-state index contributed by atoms with van der Waals surface area (Å²) in [5, 5.41) is 12.4. The Hall–Kier alpha value is -0.660. The van der Waals surface area contributed by atoms with E-state index in [1.165, 1.54) is 0 Å². The predicted octanol–water partition coefficient (Wildman–Crippen LogP) is 2.20. The van der Waals surface area contributed by atoms with Crippen LogP contribution in [0.4, 0.5) is 0 Å². The van der Waals surface area contributed by atoms with Crippen molar-refractivity contribution in [3.63, 3.8) is 0 Å². The van der Waals surface area contributed by atoms with Crippen LogP contribution in [0.5, 0.6) is 0 Å².